The molecular weight excluding hydrogens is 236 g/mol. The van der Waals surface area contributed by atoms with E-state index in [0.717, 1.165) is 5.69 Å². The van der Waals surface area contributed by atoms with Crippen molar-refractivity contribution in [1.82, 2.24) is 19.5 Å². The molecule has 18 heavy (non-hydrogen) atoms. The van der Waals surface area contributed by atoms with Crippen LogP contribution in [0.2, 0.25) is 0 Å². The maximum atomic E-state index is 10.9. The van der Waals surface area contributed by atoms with Crippen LogP contribution in [0.4, 0.5) is 11.6 Å². The number of hydrogen-bond acceptors (Lipinski definition) is 5. The minimum Gasteiger partial charge on any atom is -0.364 e. The normalized spacial score (nSPS) is 10.6. The average Bonchev–Trinajstić information content (AvgIpc) is 2.92. The zero-order valence-electron chi connectivity index (χ0n) is 10.2. The summed E-state index contributed by atoms with van der Waals surface area (Å²) in [5.74, 6) is 0.891. The van der Waals surface area contributed by atoms with Gasteiger partial charge >= 0.3 is 5.82 Å². The fraction of sp³-hybridized carbons (Fsp3) is 0.400. The monoisotopic (exact) mass is 250 g/mol. The van der Waals surface area contributed by atoms with E-state index in [4.69, 9.17) is 0 Å². The number of nitrogens with zero attached hydrogens (tertiary/aromatic N) is 4. The lowest BCUT2D eigenvalue weighted by atomic mass is 10.3. The van der Waals surface area contributed by atoms with Crippen LogP contribution >= 0.6 is 0 Å². The summed E-state index contributed by atoms with van der Waals surface area (Å²) in [5, 5.41) is 13.9. The van der Waals surface area contributed by atoms with Crippen molar-refractivity contribution in [2.75, 3.05) is 11.9 Å². The van der Waals surface area contributed by atoms with E-state index in [-0.39, 0.29) is 5.82 Å². The number of aromatic amines is 1. The van der Waals surface area contributed by atoms with E-state index in [1.807, 2.05) is 0 Å². The third-order valence-electron chi connectivity index (χ3n) is 2.71. The van der Waals surface area contributed by atoms with E-state index < -0.39 is 4.92 Å². The maximum absolute atomic E-state index is 10.9. The lowest BCUT2D eigenvalue weighted by molar-refractivity contribution is -0.388. The van der Waals surface area contributed by atoms with Crippen molar-refractivity contribution in [1.29, 1.82) is 0 Å². The Balaban J connectivity index is 2.06. The van der Waals surface area contributed by atoms with Crippen molar-refractivity contribution in [2.24, 2.45) is 7.05 Å². The fourth-order valence-electron chi connectivity index (χ4n) is 1.65. The van der Waals surface area contributed by atoms with E-state index >= 15 is 0 Å². The van der Waals surface area contributed by atoms with Crippen molar-refractivity contribution in [3.63, 3.8) is 0 Å². The second kappa shape index (κ2) is 4.86. The zero-order chi connectivity index (χ0) is 13.1. The Bertz CT molecular complexity index is 545. The molecule has 0 amide bonds. The van der Waals surface area contributed by atoms with Crippen LogP contribution in [0.5, 0.6) is 0 Å². The summed E-state index contributed by atoms with van der Waals surface area (Å²) in [7, 11) is 1.74. The van der Waals surface area contributed by atoms with Gasteiger partial charge in [-0.3, -0.25) is 4.57 Å². The van der Waals surface area contributed by atoms with E-state index in [1.165, 1.54) is 0 Å². The molecule has 0 radical (unpaired) electrons. The highest BCUT2D eigenvalue weighted by atomic mass is 16.6. The topological polar surface area (TPSA) is 102 Å². The van der Waals surface area contributed by atoms with Crippen LogP contribution in [0.3, 0.4) is 0 Å². The molecule has 0 aliphatic rings. The second-order valence-corrected chi connectivity index (χ2v) is 3.90. The van der Waals surface area contributed by atoms with Gasteiger partial charge in [0.05, 0.1) is 6.33 Å². The summed E-state index contributed by atoms with van der Waals surface area (Å²) in [6.45, 7) is 2.30. The molecule has 2 N–H and O–H groups in total. The molecule has 0 spiro atoms. The molecule has 0 unspecified atom stereocenters. The summed E-state index contributed by atoms with van der Waals surface area (Å²) in [4.78, 5) is 21.2. The third-order valence-corrected chi connectivity index (χ3v) is 2.71. The predicted molar refractivity (Wildman–Crippen MR) is 65.4 cm³/mol. The molecule has 0 atom stereocenters. The van der Waals surface area contributed by atoms with Crippen molar-refractivity contribution in [3.8, 4) is 0 Å². The number of anilines is 1. The number of nitrogens with one attached hydrogen (secondary N) is 2. The first-order chi connectivity index (χ1) is 8.59. The van der Waals surface area contributed by atoms with Crippen LogP contribution in [0, 0.1) is 17.0 Å². The molecule has 0 saturated heterocycles. The van der Waals surface area contributed by atoms with Gasteiger partial charge in [-0.1, -0.05) is 0 Å². The quantitative estimate of drug-likeness (QED) is 0.609. The zero-order valence-corrected chi connectivity index (χ0v) is 10.2. The average molecular weight is 250 g/mol. The highest BCUT2D eigenvalue weighted by molar-refractivity contribution is 5.53. The molecule has 2 aromatic heterocycles. The molecule has 0 aromatic carbocycles. The van der Waals surface area contributed by atoms with E-state index in [9.17, 15) is 10.1 Å². The van der Waals surface area contributed by atoms with E-state index in [1.54, 1.807) is 31.1 Å². The largest absolute Gasteiger partial charge is 0.406 e. The minimum atomic E-state index is -0.481. The van der Waals surface area contributed by atoms with Crippen LogP contribution < -0.4 is 5.32 Å². The molecule has 0 aliphatic carbocycles. The maximum Gasteiger partial charge on any atom is 0.406 e. The Morgan fingerprint density at radius 2 is 2.39 bits per heavy atom. The highest BCUT2D eigenvalue weighted by Gasteiger charge is 2.22. The predicted octanol–water partition coefficient (Wildman–Crippen LogP) is 1.01. The Morgan fingerprint density at radius 3 is 3.00 bits per heavy atom. The van der Waals surface area contributed by atoms with E-state index in [0.29, 0.717) is 24.6 Å². The summed E-state index contributed by atoms with van der Waals surface area (Å²) in [6.07, 6.45) is 4.04. The molecule has 0 bridgehead atoms. The van der Waals surface area contributed by atoms with Gasteiger partial charge in [0.25, 0.3) is 0 Å². The van der Waals surface area contributed by atoms with Gasteiger partial charge < -0.3 is 20.4 Å². The molecule has 8 nitrogen and oxygen atoms in total. The molecule has 96 valence electrons. The molecule has 2 rings (SSSR count). The smallest absolute Gasteiger partial charge is 0.364 e. The molecule has 0 fully saturated rings. The first kappa shape index (κ1) is 12.1. The van der Waals surface area contributed by atoms with Gasteiger partial charge in [0.1, 0.15) is 0 Å². The van der Waals surface area contributed by atoms with Crippen molar-refractivity contribution >= 4 is 11.6 Å². The third kappa shape index (κ3) is 2.31. The van der Waals surface area contributed by atoms with Gasteiger partial charge in [-0.25, -0.2) is 4.98 Å². The SMILES string of the molecule is Cc1nc([N+](=O)[O-])c(NCCc2cnc[nH]2)n1C. The van der Waals surface area contributed by atoms with Crippen LogP contribution in [0.25, 0.3) is 0 Å². The number of imidazole rings is 2. The Kier molecular flexibility index (Phi) is 3.26. The number of aromatic nitrogens is 4. The van der Waals surface area contributed by atoms with Gasteiger partial charge in [0.2, 0.25) is 11.6 Å². The first-order valence-corrected chi connectivity index (χ1v) is 5.48. The van der Waals surface area contributed by atoms with Gasteiger partial charge in [-0.15, -0.1) is 0 Å². The van der Waals surface area contributed by atoms with Crippen molar-refractivity contribution in [3.05, 3.63) is 34.2 Å². The number of hydrogen-bond donors (Lipinski definition) is 2. The molecule has 0 saturated carbocycles. The molecular formula is C10H14N6O2. The van der Waals surface area contributed by atoms with Gasteiger partial charge in [-0.2, -0.15) is 0 Å². The Labute approximate surface area is 103 Å². The van der Waals surface area contributed by atoms with Crippen LogP contribution in [0.15, 0.2) is 12.5 Å². The number of H-pyrrole nitrogens is 1. The lowest BCUT2D eigenvalue weighted by Crippen LogP contribution is -2.10. The van der Waals surface area contributed by atoms with Gasteiger partial charge in [0.15, 0.2) is 0 Å². The molecule has 8 heteroatoms. The van der Waals surface area contributed by atoms with Crippen LogP contribution in [-0.4, -0.2) is 31.0 Å². The Hall–Kier alpha value is -2.38. The number of aryl methyl sites for hydroxylation is 1. The van der Waals surface area contributed by atoms with Gasteiger partial charge in [-0.05, 0) is 9.91 Å². The van der Waals surface area contributed by atoms with E-state index in [2.05, 4.69) is 20.3 Å². The van der Waals surface area contributed by atoms with Crippen molar-refractivity contribution < 1.29 is 4.92 Å². The molecule has 2 aromatic rings. The minimum absolute atomic E-state index is 0.139. The lowest BCUT2D eigenvalue weighted by Gasteiger charge is -2.05. The standard InChI is InChI=1S/C10H14N6O2/c1-7-14-10(16(17)18)9(15(7)2)12-4-3-8-5-11-6-13-8/h5-6,12H,3-4H2,1-2H3,(H,11,13). The number of nitro groups is 1. The van der Waals surface area contributed by atoms with Crippen LogP contribution in [0.1, 0.15) is 11.5 Å². The highest BCUT2D eigenvalue weighted by Crippen LogP contribution is 2.23. The summed E-state index contributed by atoms with van der Waals surface area (Å²) in [6, 6.07) is 0. The summed E-state index contributed by atoms with van der Waals surface area (Å²) >= 11 is 0. The Morgan fingerprint density at radius 1 is 1.61 bits per heavy atom. The molecule has 2 heterocycles. The second-order valence-electron chi connectivity index (χ2n) is 3.90. The fourth-order valence-corrected chi connectivity index (χ4v) is 1.65. The number of rotatable bonds is 5. The summed E-state index contributed by atoms with van der Waals surface area (Å²) in [5.41, 5.74) is 0.976. The van der Waals surface area contributed by atoms with Crippen LogP contribution in [-0.2, 0) is 13.5 Å². The molecule has 0 aliphatic heterocycles. The van der Waals surface area contributed by atoms with Gasteiger partial charge in [0, 0.05) is 38.8 Å². The van der Waals surface area contributed by atoms with Crippen molar-refractivity contribution in [2.45, 2.75) is 13.3 Å². The first-order valence-electron chi connectivity index (χ1n) is 5.48. The summed E-state index contributed by atoms with van der Waals surface area (Å²) < 4.78 is 1.67.